The molecule has 5 heteroatoms. The summed E-state index contributed by atoms with van der Waals surface area (Å²) in [6, 6.07) is 7.43. The van der Waals surface area contributed by atoms with E-state index in [1.165, 1.54) is 0 Å². The summed E-state index contributed by atoms with van der Waals surface area (Å²) >= 11 is 0. The van der Waals surface area contributed by atoms with Crippen LogP contribution in [-0.4, -0.2) is 42.5 Å². The summed E-state index contributed by atoms with van der Waals surface area (Å²) in [7, 11) is 0. The summed E-state index contributed by atoms with van der Waals surface area (Å²) in [5, 5.41) is 2.83. The Morgan fingerprint density at radius 2 is 2.00 bits per heavy atom. The number of amides is 2. The number of benzene rings is 1. The molecule has 0 radical (unpaired) electrons. The fraction of sp³-hybridized carbons (Fsp3) is 0.500. The van der Waals surface area contributed by atoms with E-state index in [-0.39, 0.29) is 17.9 Å². The van der Waals surface area contributed by atoms with E-state index in [0.29, 0.717) is 25.3 Å². The molecule has 0 unspecified atom stereocenters. The molecule has 1 aliphatic heterocycles. The molecule has 0 spiro atoms. The van der Waals surface area contributed by atoms with Crippen LogP contribution in [0.5, 0.6) is 0 Å². The summed E-state index contributed by atoms with van der Waals surface area (Å²) in [6.07, 6.45) is 3.71. The smallest absolute Gasteiger partial charge is 0.253 e. The summed E-state index contributed by atoms with van der Waals surface area (Å²) < 4.78 is 5.66. The average Bonchev–Trinajstić information content (AvgIpc) is 2.60. The van der Waals surface area contributed by atoms with Crippen LogP contribution in [-0.2, 0) is 16.1 Å². The third-order valence-electron chi connectivity index (χ3n) is 4.16. The van der Waals surface area contributed by atoms with Gasteiger partial charge in [0.15, 0.2) is 0 Å². The van der Waals surface area contributed by atoms with Crippen molar-refractivity contribution in [2.45, 2.75) is 46.3 Å². The van der Waals surface area contributed by atoms with Crippen LogP contribution in [0.4, 0.5) is 0 Å². The Hall–Kier alpha value is -2.14. The Balaban J connectivity index is 1.91. The predicted molar refractivity (Wildman–Crippen MR) is 98.3 cm³/mol. The van der Waals surface area contributed by atoms with E-state index in [2.05, 4.69) is 5.32 Å². The molecule has 1 aliphatic rings. The minimum Gasteiger partial charge on any atom is -0.377 e. The van der Waals surface area contributed by atoms with Gasteiger partial charge in [0.2, 0.25) is 5.91 Å². The second-order valence-corrected chi connectivity index (χ2v) is 6.61. The van der Waals surface area contributed by atoms with Gasteiger partial charge in [0.25, 0.3) is 5.91 Å². The van der Waals surface area contributed by atoms with Gasteiger partial charge in [-0.25, -0.2) is 0 Å². The largest absolute Gasteiger partial charge is 0.377 e. The Labute approximate surface area is 150 Å². The quantitative estimate of drug-likeness (QED) is 0.807. The van der Waals surface area contributed by atoms with Gasteiger partial charge in [0.05, 0.1) is 6.10 Å². The first-order chi connectivity index (χ1) is 12.0. The van der Waals surface area contributed by atoms with E-state index in [4.69, 9.17) is 4.74 Å². The van der Waals surface area contributed by atoms with Crippen LogP contribution in [0.25, 0.3) is 0 Å². The molecule has 1 aromatic rings. The minimum absolute atomic E-state index is 0.0459. The molecule has 1 saturated heterocycles. The minimum atomic E-state index is -0.101. The molecule has 0 aliphatic carbocycles. The van der Waals surface area contributed by atoms with E-state index in [1.54, 1.807) is 6.08 Å². The Kier molecular flexibility index (Phi) is 7.19. The van der Waals surface area contributed by atoms with E-state index in [1.807, 2.05) is 49.9 Å². The number of carbonyl (C=O) groups is 2. The highest BCUT2D eigenvalue weighted by atomic mass is 16.5. The SMILES string of the molecule is CCO[C@H]1CCCN(C(=O)c2ccc(CNC(=O)C=C(C)C)cc2)C1. The molecule has 1 atom stereocenters. The molecule has 2 amide bonds. The van der Waals surface area contributed by atoms with Gasteiger partial charge in [0, 0.05) is 37.9 Å². The van der Waals surface area contributed by atoms with Crippen LogP contribution in [0.1, 0.15) is 49.5 Å². The maximum Gasteiger partial charge on any atom is 0.253 e. The van der Waals surface area contributed by atoms with Crippen LogP contribution >= 0.6 is 0 Å². The van der Waals surface area contributed by atoms with Crippen molar-refractivity contribution in [3.05, 3.63) is 47.0 Å². The van der Waals surface area contributed by atoms with Crippen molar-refractivity contribution < 1.29 is 14.3 Å². The van der Waals surface area contributed by atoms with Crippen molar-refractivity contribution in [2.75, 3.05) is 19.7 Å². The molecule has 1 fully saturated rings. The summed E-state index contributed by atoms with van der Waals surface area (Å²) in [6.45, 7) is 8.33. The summed E-state index contributed by atoms with van der Waals surface area (Å²) in [5.74, 6) is -0.0556. The number of nitrogens with zero attached hydrogens (tertiary/aromatic N) is 1. The highest BCUT2D eigenvalue weighted by Gasteiger charge is 2.24. The lowest BCUT2D eigenvalue weighted by Crippen LogP contribution is -2.43. The lowest BCUT2D eigenvalue weighted by molar-refractivity contribution is -0.116. The fourth-order valence-electron chi connectivity index (χ4n) is 2.94. The van der Waals surface area contributed by atoms with Crippen LogP contribution in [0.2, 0.25) is 0 Å². The fourth-order valence-corrected chi connectivity index (χ4v) is 2.94. The molecule has 1 aromatic carbocycles. The number of ether oxygens (including phenoxy) is 1. The van der Waals surface area contributed by atoms with Crippen LogP contribution in [0, 0.1) is 0 Å². The zero-order valence-electron chi connectivity index (χ0n) is 15.4. The van der Waals surface area contributed by atoms with Crippen molar-refractivity contribution in [2.24, 2.45) is 0 Å². The van der Waals surface area contributed by atoms with E-state index in [9.17, 15) is 9.59 Å². The van der Waals surface area contributed by atoms with Gasteiger partial charge in [-0.3, -0.25) is 9.59 Å². The molecule has 2 rings (SSSR count). The number of allylic oxidation sites excluding steroid dienone is 1. The molecule has 0 saturated carbocycles. The number of piperidine rings is 1. The second-order valence-electron chi connectivity index (χ2n) is 6.61. The zero-order chi connectivity index (χ0) is 18.2. The number of rotatable bonds is 6. The monoisotopic (exact) mass is 344 g/mol. The van der Waals surface area contributed by atoms with Gasteiger partial charge < -0.3 is 15.0 Å². The zero-order valence-corrected chi connectivity index (χ0v) is 15.4. The van der Waals surface area contributed by atoms with Crippen LogP contribution in [0.3, 0.4) is 0 Å². The van der Waals surface area contributed by atoms with Crippen molar-refractivity contribution in [1.82, 2.24) is 10.2 Å². The third kappa shape index (κ3) is 6.02. The molecule has 5 nitrogen and oxygen atoms in total. The number of carbonyl (C=O) groups excluding carboxylic acids is 2. The third-order valence-corrected chi connectivity index (χ3v) is 4.16. The van der Waals surface area contributed by atoms with Gasteiger partial charge in [-0.15, -0.1) is 0 Å². The van der Waals surface area contributed by atoms with Gasteiger partial charge in [-0.05, 0) is 51.3 Å². The summed E-state index contributed by atoms with van der Waals surface area (Å²) in [5.41, 5.74) is 2.61. The molecular weight excluding hydrogens is 316 g/mol. The van der Waals surface area contributed by atoms with Gasteiger partial charge in [-0.2, -0.15) is 0 Å². The van der Waals surface area contributed by atoms with Crippen molar-refractivity contribution >= 4 is 11.8 Å². The van der Waals surface area contributed by atoms with Crippen molar-refractivity contribution in [3.8, 4) is 0 Å². The van der Waals surface area contributed by atoms with Crippen LogP contribution in [0.15, 0.2) is 35.9 Å². The number of likely N-dealkylation sites (tertiary alicyclic amines) is 1. The molecule has 25 heavy (non-hydrogen) atoms. The normalized spacial score (nSPS) is 17.1. The second kappa shape index (κ2) is 9.37. The van der Waals surface area contributed by atoms with Crippen LogP contribution < -0.4 is 5.32 Å². The first kappa shape index (κ1) is 19.2. The first-order valence-corrected chi connectivity index (χ1v) is 8.92. The number of hydrogen-bond donors (Lipinski definition) is 1. The Morgan fingerprint density at radius 1 is 1.28 bits per heavy atom. The van der Waals surface area contributed by atoms with Crippen molar-refractivity contribution in [3.63, 3.8) is 0 Å². The lowest BCUT2D eigenvalue weighted by Gasteiger charge is -2.32. The number of hydrogen-bond acceptors (Lipinski definition) is 3. The van der Waals surface area contributed by atoms with Crippen molar-refractivity contribution in [1.29, 1.82) is 0 Å². The van der Waals surface area contributed by atoms with E-state index in [0.717, 1.165) is 30.5 Å². The van der Waals surface area contributed by atoms with Gasteiger partial charge in [0.1, 0.15) is 0 Å². The maximum atomic E-state index is 12.6. The maximum absolute atomic E-state index is 12.6. The molecule has 0 aromatic heterocycles. The Bertz CT molecular complexity index is 616. The molecule has 0 bridgehead atoms. The van der Waals surface area contributed by atoms with Gasteiger partial charge in [-0.1, -0.05) is 17.7 Å². The predicted octanol–water partition coefficient (Wildman–Crippen LogP) is 2.91. The lowest BCUT2D eigenvalue weighted by atomic mass is 10.1. The Morgan fingerprint density at radius 3 is 2.64 bits per heavy atom. The van der Waals surface area contributed by atoms with E-state index >= 15 is 0 Å². The molecule has 136 valence electrons. The first-order valence-electron chi connectivity index (χ1n) is 8.92. The molecular formula is C20H28N2O3. The number of nitrogens with one attached hydrogen (secondary N) is 1. The summed E-state index contributed by atoms with van der Waals surface area (Å²) in [4.78, 5) is 26.1. The highest BCUT2D eigenvalue weighted by molar-refractivity contribution is 5.94. The standard InChI is InChI=1S/C20H28N2O3/c1-4-25-18-6-5-11-22(14-18)20(24)17-9-7-16(8-10-17)13-21-19(23)12-15(2)3/h7-10,12,18H,4-6,11,13-14H2,1-3H3,(H,21,23)/t18-/m0/s1. The average molecular weight is 344 g/mol. The van der Waals surface area contributed by atoms with E-state index < -0.39 is 0 Å². The molecule has 1 N–H and O–H groups in total. The highest BCUT2D eigenvalue weighted by Crippen LogP contribution is 2.16. The molecule has 1 heterocycles. The topological polar surface area (TPSA) is 58.6 Å². The van der Waals surface area contributed by atoms with Gasteiger partial charge >= 0.3 is 0 Å².